The Morgan fingerprint density at radius 1 is 1.33 bits per heavy atom. The second kappa shape index (κ2) is 6.14. The second-order valence-corrected chi connectivity index (χ2v) is 6.95. The van der Waals surface area contributed by atoms with Gasteiger partial charge in [-0.2, -0.15) is 0 Å². The molecule has 0 bridgehead atoms. The minimum atomic E-state index is -0.216. The van der Waals surface area contributed by atoms with E-state index in [-0.39, 0.29) is 17.2 Å². The third-order valence-corrected chi connectivity index (χ3v) is 3.70. The molecule has 2 N–H and O–H groups in total. The third-order valence-electron chi connectivity index (χ3n) is 3.70. The van der Waals surface area contributed by atoms with Gasteiger partial charge in [-0.05, 0) is 36.5 Å². The summed E-state index contributed by atoms with van der Waals surface area (Å²) in [4.78, 5) is 4.74. The molecule has 0 aliphatic heterocycles. The molecule has 0 saturated heterocycles. The number of imidazole rings is 1. The van der Waals surface area contributed by atoms with Crippen LogP contribution < -0.4 is 5.73 Å². The van der Waals surface area contributed by atoms with E-state index in [9.17, 15) is 4.39 Å². The molecule has 0 radical (unpaired) electrons. The summed E-state index contributed by atoms with van der Waals surface area (Å²) in [6.45, 7) is 10.2. The molecule has 0 aliphatic rings. The van der Waals surface area contributed by atoms with Crippen LogP contribution in [0.4, 0.5) is 4.39 Å². The van der Waals surface area contributed by atoms with E-state index >= 15 is 0 Å². The fourth-order valence-electron chi connectivity index (χ4n) is 2.90. The summed E-state index contributed by atoms with van der Waals surface area (Å²) >= 11 is 0. The number of hydrogen-bond donors (Lipinski definition) is 1. The molecule has 21 heavy (non-hydrogen) atoms. The highest BCUT2D eigenvalue weighted by molar-refractivity contribution is 5.76. The van der Waals surface area contributed by atoms with E-state index in [1.54, 1.807) is 12.1 Å². The largest absolute Gasteiger partial charge is 0.330 e. The lowest BCUT2D eigenvalue weighted by Crippen LogP contribution is -2.22. The minimum Gasteiger partial charge on any atom is -0.330 e. The smallest absolute Gasteiger partial charge is 0.125 e. The molecule has 1 aromatic heterocycles. The van der Waals surface area contributed by atoms with E-state index in [4.69, 9.17) is 10.7 Å². The zero-order valence-corrected chi connectivity index (χ0v) is 13.5. The van der Waals surface area contributed by atoms with Gasteiger partial charge < -0.3 is 10.3 Å². The van der Waals surface area contributed by atoms with Crippen molar-refractivity contribution in [3.05, 3.63) is 29.8 Å². The third kappa shape index (κ3) is 3.62. The molecular formula is C17H26FN3. The van der Waals surface area contributed by atoms with Gasteiger partial charge in [-0.1, -0.05) is 27.7 Å². The Bertz CT molecular complexity index is 610. The van der Waals surface area contributed by atoms with Crippen molar-refractivity contribution >= 4 is 11.0 Å². The van der Waals surface area contributed by atoms with Gasteiger partial charge in [0.25, 0.3) is 0 Å². The number of rotatable bonds is 5. The van der Waals surface area contributed by atoms with Gasteiger partial charge in [0, 0.05) is 19.0 Å². The normalized spacial score (nSPS) is 13.8. The fourth-order valence-corrected chi connectivity index (χ4v) is 2.90. The standard InChI is InChI=1S/C17H26FN3/c1-5-8-21-15-9-13(18)6-7-14(15)20-16(21)12(11-19)10-17(2,3)4/h6-7,9,12H,5,8,10-11,19H2,1-4H3. The lowest BCUT2D eigenvalue weighted by Gasteiger charge is -2.25. The molecule has 1 heterocycles. The topological polar surface area (TPSA) is 43.8 Å². The van der Waals surface area contributed by atoms with Crippen LogP contribution in [0.3, 0.4) is 0 Å². The predicted octanol–water partition coefficient (Wildman–Crippen LogP) is 4.06. The number of aromatic nitrogens is 2. The summed E-state index contributed by atoms with van der Waals surface area (Å²) in [5, 5.41) is 0. The Labute approximate surface area is 126 Å². The van der Waals surface area contributed by atoms with Crippen LogP contribution >= 0.6 is 0 Å². The van der Waals surface area contributed by atoms with Crippen molar-refractivity contribution < 1.29 is 4.39 Å². The number of aryl methyl sites for hydroxylation is 1. The summed E-state index contributed by atoms with van der Waals surface area (Å²) < 4.78 is 15.7. The van der Waals surface area contributed by atoms with Crippen LogP contribution in [0.5, 0.6) is 0 Å². The maximum atomic E-state index is 13.6. The fraction of sp³-hybridized carbons (Fsp3) is 0.588. The minimum absolute atomic E-state index is 0.185. The quantitative estimate of drug-likeness (QED) is 0.902. The number of fused-ring (bicyclic) bond motifs is 1. The molecule has 4 heteroatoms. The van der Waals surface area contributed by atoms with Gasteiger partial charge in [-0.3, -0.25) is 0 Å². The maximum Gasteiger partial charge on any atom is 0.125 e. The highest BCUT2D eigenvalue weighted by Gasteiger charge is 2.24. The maximum absolute atomic E-state index is 13.6. The van der Waals surface area contributed by atoms with Crippen molar-refractivity contribution in [3.8, 4) is 0 Å². The number of halogens is 1. The molecule has 0 fully saturated rings. The molecule has 0 spiro atoms. The Morgan fingerprint density at radius 3 is 2.62 bits per heavy atom. The molecule has 2 rings (SSSR count). The molecule has 0 amide bonds. The SMILES string of the molecule is CCCn1c(C(CN)CC(C)(C)C)nc2ccc(F)cc21. The van der Waals surface area contributed by atoms with E-state index in [0.717, 1.165) is 36.2 Å². The van der Waals surface area contributed by atoms with Crippen molar-refractivity contribution in [1.82, 2.24) is 9.55 Å². The van der Waals surface area contributed by atoms with Gasteiger partial charge in [0.2, 0.25) is 0 Å². The van der Waals surface area contributed by atoms with E-state index in [2.05, 4.69) is 32.3 Å². The number of nitrogens with zero attached hydrogens (tertiary/aromatic N) is 2. The second-order valence-electron chi connectivity index (χ2n) is 6.95. The molecule has 1 unspecified atom stereocenters. The van der Waals surface area contributed by atoms with Crippen molar-refractivity contribution in [2.75, 3.05) is 6.54 Å². The first-order valence-electron chi connectivity index (χ1n) is 7.71. The van der Waals surface area contributed by atoms with Gasteiger partial charge in [-0.15, -0.1) is 0 Å². The Balaban J connectivity index is 2.52. The molecule has 1 atom stereocenters. The Morgan fingerprint density at radius 2 is 2.05 bits per heavy atom. The molecule has 0 aliphatic carbocycles. The van der Waals surface area contributed by atoms with Crippen LogP contribution in [-0.2, 0) is 6.54 Å². The first-order valence-corrected chi connectivity index (χ1v) is 7.71. The monoisotopic (exact) mass is 291 g/mol. The van der Waals surface area contributed by atoms with E-state index in [0.29, 0.717) is 6.54 Å². The van der Waals surface area contributed by atoms with Gasteiger partial charge in [0.1, 0.15) is 11.6 Å². The van der Waals surface area contributed by atoms with Crippen molar-refractivity contribution in [3.63, 3.8) is 0 Å². The van der Waals surface area contributed by atoms with E-state index in [1.807, 2.05) is 0 Å². The number of nitrogens with two attached hydrogens (primary N) is 1. The lowest BCUT2D eigenvalue weighted by atomic mass is 9.84. The average molecular weight is 291 g/mol. The Hall–Kier alpha value is -1.42. The lowest BCUT2D eigenvalue weighted by molar-refractivity contribution is 0.331. The molecule has 3 nitrogen and oxygen atoms in total. The highest BCUT2D eigenvalue weighted by atomic mass is 19.1. The summed E-state index contributed by atoms with van der Waals surface area (Å²) in [5.41, 5.74) is 7.91. The molecule has 0 saturated carbocycles. The predicted molar refractivity (Wildman–Crippen MR) is 85.8 cm³/mol. The van der Waals surface area contributed by atoms with Gasteiger partial charge in [0.15, 0.2) is 0 Å². The Kier molecular flexibility index (Phi) is 4.67. The molecule has 1 aromatic carbocycles. The van der Waals surface area contributed by atoms with Crippen LogP contribution in [0.2, 0.25) is 0 Å². The van der Waals surface area contributed by atoms with Crippen molar-refractivity contribution in [2.45, 2.75) is 53.0 Å². The first-order chi connectivity index (χ1) is 9.85. The number of benzene rings is 1. The van der Waals surface area contributed by atoms with Gasteiger partial charge in [-0.25, -0.2) is 9.37 Å². The average Bonchev–Trinajstić information content (AvgIpc) is 2.74. The summed E-state index contributed by atoms with van der Waals surface area (Å²) in [6, 6.07) is 4.80. The van der Waals surface area contributed by atoms with Crippen LogP contribution in [0, 0.1) is 11.2 Å². The summed E-state index contributed by atoms with van der Waals surface area (Å²) in [7, 11) is 0. The van der Waals surface area contributed by atoms with E-state index < -0.39 is 0 Å². The van der Waals surface area contributed by atoms with E-state index in [1.165, 1.54) is 6.07 Å². The first kappa shape index (κ1) is 16.0. The molecular weight excluding hydrogens is 265 g/mol. The van der Waals surface area contributed by atoms with Crippen LogP contribution in [0.1, 0.15) is 52.3 Å². The molecule has 2 aromatic rings. The van der Waals surface area contributed by atoms with Gasteiger partial charge in [0.05, 0.1) is 11.0 Å². The van der Waals surface area contributed by atoms with Crippen LogP contribution in [-0.4, -0.2) is 16.1 Å². The van der Waals surface area contributed by atoms with Gasteiger partial charge >= 0.3 is 0 Å². The molecule has 116 valence electrons. The zero-order chi connectivity index (χ0) is 15.6. The van der Waals surface area contributed by atoms with Crippen molar-refractivity contribution in [1.29, 1.82) is 0 Å². The van der Waals surface area contributed by atoms with Crippen LogP contribution in [0.15, 0.2) is 18.2 Å². The summed E-state index contributed by atoms with van der Waals surface area (Å²) in [5.74, 6) is 0.980. The zero-order valence-electron chi connectivity index (χ0n) is 13.5. The summed E-state index contributed by atoms with van der Waals surface area (Å²) in [6.07, 6.45) is 1.96. The number of hydrogen-bond acceptors (Lipinski definition) is 2. The van der Waals surface area contributed by atoms with Crippen LogP contribution in [0.25, 0.3) is 11.0 Å². The van der Waals surface area contributed by atoms with Crippen molar-refractivity contribution in [2.24, 2.45) is 11.1 Å². The highest BCUT2D eigenvalue weighted by Crippen LogP contribution is 2.32.